The maximum absolute atomic E-state index is 11.9. The summed E-state index contributed by atoms with van der Waals surface area (Å²) in [5.41, 5.74) is 1.33. The van der Waals surface area contributed by atoms with Crippen LogP contribution < -0.4 is 10.6 Å². The van der Waals surface area contributed by atoms with E-state index in [2.05, 4.69) is 39.8 Å². The number of rotatable bonds is 7. The molecule has 2 N–H and O–H groups in total. The number of nitrogens with one attached hydrogen (secondary N) is 2. The highest BCUT2D eigenvalue weighted by Crippen LogP contribution is 2.09. The minimum absolute atomic E-state index is 0.153. The molecule has 2 rings (SSSR count). The second kappa shape index (κ2) is 8.80. The van der Waals surface area contributed by atoms with Crippen molar-refractivity contribution in [3.05, 3.63) is 35.9 Å². The summed E-state index contributed by atoms with van der Waals surface area (Å²) in [7, 11) is 2.00. The lowest BCUT2D eigenvalue weighted by Gasteiger charge is -2.31. The average Bonchev–Trinajstić information content (AvgIpc) is 2.53. The average molecular weight is 289 g/mol. The molecule has 4 heteroatoms. The van der Waals surface area contributed by atoms with Gasteiger partial charge >= 0.3 is 0 Å². The molecular formula is C17H27N3O. The van der Waals surface area contributed by atoms with Gasteiger partial charge in [0.1, 0.15) is 0 Å². The van der Waals surface area contributed by atoms with Gasteiger partial charge in [0.2, 0.25) is 5.91 Å². The van der Waals surface area contributed by atoms with E-state index < -0.39 is 0 Å². The first-order valence-electron chi connectivity index (χ1n) is 7.98. The largest absolute Gasteiger partial charge is 0.355 e. The lowest BCUT2D eigenvalue weighted by Crippen LogP contribution is -2.48. The monoisotopic (exact) mass is 289 g/mol. The SMILES string of the molecule is CNC1CCCN(CC(=O)NCCCc2ccccc2)C1. The Bertz CT molecular complexity index is 421. The third-order valence-corrected chi connectivity index (χ3v) is 4.09. The number of amides is 1. The Kier molecular flexibility index (Phi) is 6.70. The van der Waals surface area contributed by atoms with Gasteiger partial charge in [0.05, 0.1) is 6.54 Å². The van der Waals surface area contributed by atoms with Gasteiger partial charge in [-0.1, -0.05) is 30.3 Å². The van der Waals surface area contributed by atoms with Gasteiger partial charge in [-0.05, 0) is 44.8 Å². The zero-order chi connectivity index (χ0) is 14.9. The van der Waals surface area contributed by atoms with Gasteiger partial charge in [0.15, 0.2) is 0 Å². The molecule has 4 nitrogen and oxygen atoms in total. The first-order valence-corrected chi connectivity index (χ1v) is 7.98. The van der Waals surface area contributed by atoms with E-state index in [-0.39, 0.29) is 5.91 Å². The number of nitrogens with zero attached hydrogens (tertiary/aromatic N) is 1. The van der Waals surface area contributed by atoms with E-state index in [1.54, 1.807) is 0 Å². The quantitative estimate of drug-likeness (QED) is 0.746. The van der Waals surface area contributed by atoms with Crippen LogP contribution in [0.25, 0.3) is 0 Å². The predicted molar refractivity (Wildman–Crippen MR) is 86.3 cm³/mol. The van der Waals surface area contributed by atoms with Crippen LogP contribution in [0.5, 0.6) is 0 Å². The molecule has 1 fully saturated rings. The number of hydrogen-bond acceptors (Lipinski definition) is 3. The second-order valence-corrected chi connectivity index (χ2v) is 5.80. The molecule has 1 amide bonds. The van der Waals surface area contributed by atoms with Crippen LogP contribution in [0.15, 0.2) is 30.3 Å². The molecule has 1 unspecified atom stereocenters. The second-order valence-electron chi connectivity index (χ2n) is 5.80. The Labute approximate surface area is 127 Å². The lowest BCUT2D eigenvalue weighted by molar-refractivity contribution is -0.122. The van der Waals surface area contributed by atoms with Crippen molar-refractivity contribution in [2.75, 3.05) is 33.2 Å². The minimum atomic E-state index is 0.153. The molecule has 1 heterocycles. The molecule has 0 bridgehead atoms. The van der Waals surface area contributed by atoms with Crippen molar-refractivity contribution in [1.29, 1.82) is 0 Å². The number of likely N-dealkylation sites (N-methyl/N-ethyl adjacent to an activating group) is 1. The van der Waals surface area contributed by atoms with Crippen LogP contribution >= 0.6 is 0 Å². The van der Waals surface area contributed by atoms with E-state index in [0.29, 0.717) is 12.6 Å². The molecule has 0 aromatic heterocycles. The van der Waals surface area contributed by atoms with Crippen LogP contribution in [-0.2, 0) is 11.2 Å². The summed E-state index contributed by atoms with van der Waals surface area (Å²) in [6.07, 6.45) is 4.40. The lowest BCUT2D eigenvalue weighted by atomic mass is 10.1. The van der Waals surface area contributed by atoms with E-state index in [0.717, 1.165) is 32.5 Å². The summed E-state index contributed by atoms with van der Waals surface area (Å²) in [4.78, 5) is 14.2. The van der Waals surface area contributed by atoms with Crippen molar-refractivity contribution in [1.82, 2.24) is 15.5 Å². The van der Waals surface area contributed by atoms with E-state index in [9.17, 15) is 4.79 Å². The summed E-state index contributed by atoms with van der Waals surface area (Å²) >= 11 is 0. The van der Waals surface area contributed by atoms with E-state index in [1.165, 1.54) is 18.4 Å². The third-order valence-electron chi connectivity index (χ3n) is 4.09. The van der Waals surface area contributed by atoms with E-state index >= 15 is 0 Å². The maximum atomic E-state index is 11.9. The smallest absolute Gasteiger partial charge is 0.234 e. The normalized spacial score (nSPS) is 19.4. The first-order chi connectivity index (χ1) is 10.3. The molecule has 1 aromatic rings. The molecular weight excluding hydrogens is 262 g/mol. The number of likely N-dealkylation sites (tertiary alicyclic amines) is 1. The molecule has 0 aliphatic carbocycles. The molecule has 1 atom stereocenters. The Balaban J connectivity index is 1.59. The van der Waals surface area contributed by atoms with Crippen LogP contribution in [-0.4, -0.2) is 50.1 Å². The Morgan fingerprint density at radius 1 is 1.33 bits per heavy atom. The fourth-order valence-electron chi connectivity index (χ4n) is 2.86. The van der Waals surface area contributed by atoms with Crippen LogP contribution in [0.3, 0.4) is 0 Å². The highest BCUT2D eigenvalue weighted by Gasteiger charge is 2.19. The van der Waals surface area contributed by atoms with Gasteiger partial charge < -0.3 is 10.6 Å². The van der Waals surface area contributed by atoms with Crippen molar-refractivity contribution in [3.63, 3.8) is 0 Å². The van der Waals surface area contributed by atoms with Gasteiger partial charge in [-0.3, -0.25) is 9.69 Å². The predicted octanol–water partition coefficient (Wildman–Crippen LogP) is 1.42. The number of piperidine rings is 1. The van der Waals surface area contributed by atoms with E-state index in [1.807, 2.05) is 13.1 Å². The fourth-order valence-corrected chi connectivity index (χ4v) is 2.86. The Morgan fingerprint density at radius 3 is 2.90 bits per heavy atom. The molecule has 0 radical (unpaired) electrons. The Hall–Kier alpha value is -1.39. The number of benzene rings is 1. The third kappa shape index (κ3) is 5.86. The van der Waals surface area contributed by atoms with Crippen molar-refractivity contribution in [3.8, 4) is 0 Å². The summed E-state index contributed by atoms with van der Waals surface area (Å²) in [6.45, 7) is 3.31. The highest BCUT2D eigenvalue weighted by atomic mass is 16.2. The van der Waals surface area contributed by atoms with E-state index in [4.69, 9.17) is 0 Å². The summed E-state index contributed by atoms with van der Waals surface area (Å²) in [5, 5.41) is 6.34. The zero-order valence-electron chi connectivity index (χ0n) is 13.0. The number of hydrogen-bond donors (Lipinski definition) is 2. The molecule has 0 spiro atoms. The van der Waals surface area contributed by atoms with Crippen LogP contribution in [0, 0.1) is 0 Å². The van der Waals surface area contributed by atoms with Gasteiger partial charge in [-0.25, -0.2) is 0 Å². The van der Waals surface area contributed by atoms with Crippen molar-refractivity contribution in [2.24, 2.45) is 0 Å². The molecule has 1 saturated heterocycles. The highest BCUT2D eigenvalue weighted by molar-refractivity contribution is 5.77. The van der Waals surface area contributed by atoms with Crippen LogP contribution in [0.2, 0.25) is 0 Å². The number of carbonyl (C=O) groups is 1. The summed E-state index contributed by atoms with van der Waals surface area (Å²) in [6, 6.07) is 10.9. The van der Waals surface area contributed by atoms with Gasteiger partial charge in [0.25, 0.3) is 0 Å². The molecule has 21 heavy (non-hydrogen) atoms. The molecule has 1 aliphatic rings. The van der Waals surface area contributed by atoms with Crippen molar-refractivity contribution >= 4 is 5.91 Å². The summed E-state index contributed by atoms with van der Waals surface area (Å²) in [5.74, 6) is 0.153. The van der Waals surface area contributed by atoms with Crippen LogP contribution in [0.4, 0.5) is 0 Å². The molecule has 1 aromatic carbocycles. The fraction of sp³-hybridized carbons (Fsp3) is 0.588. The number of aryl methyl sites for hydroxylation is 1. The van der Waals surface area contributed by atoms with Gasteiger partial charge in [0, 0.05) is 19.1 Å². The zero-order valence-corrected chi connectivity index (χ0v) is 13.0. The number of carbonyl (C=O) groups excluding carboxylic acids is 1. The standard InChI is InChI=1S/C17H27N3O/c1-18-16-10-6-12-20(13-16)14-17(21)19-11-5-9-15-7-3-2-4-8-15/h2-4,7-8,16,18H,5-6,9-14H2,1H3,(H,19,21). The minimum Gasteiger partial charge on any atom is -0.355 e. The summed E-state index contributed by atoms with van der Waals surface area (Å²) < 4.78 is 0. The van der Waals surface area contributed by atoms with Crippen molar-refractivity contribution in [2.45, 2.75) is 31.7 Å². The topological polar surface area (TPSA) is 44.4 Å². The molecule has 116 valence electrons. The van der Waals surface area contributed by atoms with Crippen LogP contribution in [0.1, 0.15) is 24.8 Å². The van der Waals surface area contributed by atoms with Crippen molar-refractivity contribution < 1.29 is 4.79 Å². The van der Waals surface area contributed by atoms with Gasteiger partial charge in [-0.2, -0.15) is 0 Å². The van der Waals surface area contributed by atoms with Gasteiger partial charge in [-0.15, -0.1) is 0 Å². The molecule has 0 saturated carbocycles. The first kappa shape index (κ1) is 16.0. The molecule has 1 aliphatic heterocycles. The maximum Gasteiger partial charge on any atom is 0.234 e. The Morgan fingerprint density at radius 2 is 2.14 bits per heavy atom.